The van der Waals surface area contributed by atoms with E-state index in [0.29, 0.717) is 16.9 Å². The molecule has 23 heavy (non-hydrogen) atoms. The third-order valence-electron chi connectivity index (χ3n) is 4.95. The molecular formula is C17H24F2IN3. The molecule has 0 spiro atoms. The van der Waals surface area contributed by atoms with Gasteiger partial charge in [0.2, 0.25) is 0 Å². The fourth-order valence-corrected chi connectivity index (χ4v) is 3.18. The predicted molar refractivity (Wildman–Crippen MR) is 99.1 cm³/mol. The second kappa shape index (κ2) is 7.32. The van der Waals surface area contributed by atoms with Gasteiger partial charge in [0, 0.05) is 25.2 Å². The van der Waals surface area contributed by atoms with Crippen molar-refractivity contribution in [3.63, 3.8) is 0 Å². The first-order valence-electron chi connectivity index (χ1n) is 7.96. The number of aliphatic imine (C=N–C) groups is 1. The van der Waals surface area contributed by atoms with Crippen LogP contribution in [0.3, 0.4) is 0 Å². The zero-order valence-corrected chi connectivity index (χ0v) is 15.9. The predicted octanol–water partition coefficient (Wildman–Crippen LogP) is 4.00. The summed E-state index contributed by atoms with van der Waals surface area (Å²) in [5.41, 5.74) is 0.912. The summed E-state index contributed by atoms with van der Waals surface area (Å²) >= 11 is 0. The maximum absolute atomic E-state index is 13.8. The number of halogens is 3. The number of hydrogen-bond donors (Lipinski definition) is 2. The molecule has 1 aromatic rings. The number of rotatable bonds is 5. The quantitative estimate of drug-likeness (QED) is 0.417. The average Bonchev–Trinajstić information content (AvgIpc) is 3.36. The Morgan fingerprint density at radius 3 is 2.57 bits per heavy atom. The van der Waals surface area contributed by atoms with E-state index in [0.717, 1.165) is 18.5 Å². The molecule has 2 aliphatic carbocycles. The molecule has 0 radical (unpaired) electrons. The lowest BCUT2D eigenvalue weighted by molar-refractivity contribution is 0.430. The highest BCUT2D eigenvalue weighted by molar-refractivity contribution is 14.0. The van der Waals surface area contributed by atoms with Crippen molar-refractivity contribution < 1.29 is 8.78 Å². The Morgan fingerprint density at radius 1 is 1.35 bits per heavy atom. The Bertz CT molecular complexity index is 583. The van der Waals surface area contributed by atoms with Crippen molar-refractivity contribution >= 4 is 29.9 Å². The Labute approximate surface area is 153 Å². The van der Waals surface area contributed by atoms with E-state index < -0.39 is 11.6 Å². The normalized spacial score (nSPS) is 20.4. The smallest absolute Gasteiger partial charge is 0.191 e. The summed E-state index contributed by atoms with van der Waals surface area (Å²) < 4.78 is 26.8. The minimum Gasteiger partial charge on any atom is -0.356 e. The van der Waals surface area contributed by atoms with Gasteiger partial charge in [0.1, 0.15) is 11.6 Å². The summed E-state index contributed by atoms with van der Waals surface area (Å²) in [6.07, 6.45) is 5.30. The maximum atomic E-state index is 13.8. The van der Waals surface area contributed by atoms with Gasteiger partial charge in [-0.3, -0.25) is 4.99 Å². The van der Waals surface area contributed by atoms with Crippen LogP contribution >= 0.6 is 24.0 Å². The topological polar surface area (TPSA) is 36.4 Å². The molecule has 2 saturated carbocycles. The van der Waals surface area contributed by atoms with Gasteiger partial charge in [-0.25, -0.2) is 8.78 Å². The summed E-state index contributed by atoms with van der Waals surface area (Å²) in [6, 6.07) is 3.39. The van der Waals surface area contributed by atoms with Gasteiger partial charge in [0.15, 0.2) is 5.96 Å². The van der Waals surface area contributed by atoms with Crippen LogP contribution in [0.25, 0.3) is 0 Å². The molecule has 0 saturated heterocycles. The van der Waals surface area contributed by atoms with Crippen LogP contribution in [0.4, 0.5) is 8.78 Å². The number of nitrogens with zero attached hydrogens (tertiary/aromatic N) is 1. The third-order valence-corrected chi connectivity index (χ3v) is 4.95. The first-order chi connectivity index (χ1) is 10.5. The first-order valence-corrected chi connectivity index (χ1v) is 7.96. The molecule has 2 fully saturated rings. The van der Waals surface area contributed by atoms with Gasteiger partial charge in [-0.15, -0.1) is 24.0 Å². The molecule has 0 aromatic heterocycles. The van der Waals surface area contributed by atoms with Gasteiger partial charge in [-0.1, -0.05) is 6.07 Å². The molecule has 0 amide bonds. The van der Waals surface area contributed by atoms with Crippen molar-refractivity contribution in [2.45, 2.75) is 38.6 Å². The molecule has 128 valence electrons. The van der Waals surface area contributed by atoms with Crippen LogP contribution < -0.4 is 10.6 Å². The standard InChI is InChI=1S/C17H23F2N3.HI/c1-11(14-6-5-13(18)9-15(14)19)22-16(20-2)21-10-17(7-8-17)12-3-4-12;/h5-6,9,11-12H,3-4,7-8,10H2,1-2H3,(H2,20,21,22);1H. The second-order valence-corrected chi connectivity index (χ2v) is 6.59. The molecule has 6 heteroatoms. The van der Waals surface area contributed by atoms with Crippen molar-refractivity contribution in [2.24, 2.45) is 16.3 Å². The number of benzene rings is 1. The van der Waals surface area contributed by atoms with Crippen molar-refractivity contribution in [3.05, 3.63) is 35.4 Å². The molecule has 3 nitrogen and oxygen atoms in total. The zero-order chi connectivity index (χ0) is 15.7. The minimum absolute atomic E-state index is 0. The summed E-state index contributed by atoms with van der Waals surface area (Å²) in [7, 11) is 1.71. The molecule has 1 atom stereocenters. The summed E-state index contributed by atoms with van der Waals surface area (Å²) in [4.78, 5) is 4.21. The summed E-state index contributed by atoms with van der Waals surface area (Å²) in [6.45, 7) is 2.77. The fraction of sp³-hybridized carbons (Fsp3) is 0.588. The Hall–Kier alpha value is -0.920. The van der Waals surface area contributed by atoms with E-state index in [1.54, 1.807) is 7.05 Å². The monoisotopic (exact) mass is 435 g/mol. The lowest BCUT2D eigenvalue weighted by atomic mass is 10.0. The van der Waals surface area contributed by atoms with Gasteiger partial charge in [0.25, 0.3) is 0 Å². The van der Waals surface area contributed by atoms with Crippen molar-refractivity contribution in [1.82, 2.24) is 10.6 Å². The number of hydrogen-bond acceptors (Lipinski definition) is 1. The lowest BCUT2D eigenvalue weighted by Gasteiger charge is -2.21. The lowest BCUT2D eigenvalue weighted by Crippen LogP contribution is -2.41. The van der Waals surface area contributed by atoms with E-state index in [9.17, 15) is 8.78 Å². The summed E-state index contributed by atoms with van der Waals surface area (Å²) in [5, 5.41) is 6.55. The fourth-order valence-electron chi connectivity index (χ4n) is 3.18. The van der Waals surface area contributed by atoms with Gasteiger partial charge >= 0.3 is 0 Å². The average molecular weight is 435 g/mol. The van der Waals surface area contributed by atoms with Gasteiger partial charge < -0.3 is 10.6 Å². The van der Waals surface area contributed by atoms with Gasteiger partial charge in [0.05, 0.1) is 6.04 Å². The molecule has 1 unspecified atom stereocenters. The Morgan fingerprint density at radius 2 is 2.04 bits per heavy atom. The van der Waals surface area contributed by atoms with Crippen LogP contribution in [-0.4, -0.2) is 19.6 Å². The second-order valence-electron chi connectivity index (χ2n) is 6.59. The van der Waals surface area contributed by atoms with Crippen LogP contribution in [-0.2, 0) is 0 Å². The first kappa shape index (κ1) is 18.4. The van der Waals surface area contributed by atoms with E-state index in [1.807, 2.05) is 6.92 Å². The molecular weight excluding hydrogens is 411 g/mol. The highest BCUT2D eigenvalue weighted by Crippen LogP contribution is 2.60. The number of nitrogens with one attached hydrogen (secondary N) is 2. The highest BCUT2D eigenvalue weighted by Gasteiger charge is 2.53. The SMILES string of the molecule is CN=C(NCC1(C2CC2)CC1)NC(C)c1ccc(F)cc1F.I. The van der Waals surface area contributed by atoms with Crippen LogP contribution in [0, 0.1) is 23.0 Å². The molecule has 0 heterocycles. The van der Waals surface area contributed by atoms with Crippen LogP contribution in [0.2, 0.25) is 0 Å². The number of guanidine groups is 1. The zero-order valence-electron chi connectivity index (χ0n) is 13.5. The van der Waals surface area contributed by atoms with Crippen LogP contribution in [0.5, 0.6) is 0 Å². The molecule has 2 N–H and O–H groups in total. The third kappa shape index (κ3) is 4.33. The van der Waals surface area contributed by atoms with E-state index in [2.05, 4.69) is 15.6 Å². The van der Waals surface area contributed by atoms with Crippen molar-refractivity contribution in [1.29, 1.82) is 0 Å². The molecule has 0 aliphatic heterocycles. The molecule has 2 aliphatic rings. The van der Waals surface area contributed by atoms with E-state index >= 15 is 0 Å². The van der Waals surface area contributed by atoms with Crippen molar-refractivity contribution in [2.75, 3.05) is 13.6 Å². The summed E-state index contributed by atoms with van der Waals surface area (Å²) in [5.74, 6) is 0.455. The maximum Gasteiger partial charge on any atom is 0.191 e. The van der Waals surface area contributed by atoms with Crippen LogP contribution in [0.1, 0.15) is 44.2 Å². The van der Waals surface area contributed by atoms with E-state index in [-0.39, 0.29) is 30.0 Å². The van der Waals surface area contributed by atoms with Gasteiger partial charge in [-0.05, 0) is 50.0 Å². The van der Waals surface area contributed by atoms with Crippen molar-refractivity contribution in [3.8, 4) is 0 Å². The molecule has 0 bridgehead atoms. The van der Waals surface area contributed by atoms with E-state index in [4.69, 9.17) is 0 Å². The molecule has 3 rings (SSSR count). The Kier molecular flexibility index (Phi) is 5.86. The largest absolute Gasteiger partial charge is 0.356 e. The van der Waals surface area contributed by atoms with Gasteiger partial charge in [-0.2, -0.15) is 0 Å². The Balaban J connectivity index is 0.00000192. The molecule has 1 aromatic carbocycles. The van der Waals surface area contributed by atoms with Crippen LogP contribution in [0.15, 0.2) is 23.2 Å². The van der Waals surface area contributed by atoms with E-state index in [1.165, 1.54) is 37.8 Å². The minimum atomic E-state index is -0.559. The highest BCUT2D eigenvalue weighted by atomic mass is 127.